The molecule has 0 aliphatic heterocycles. The summed E-state index contributed by atoms with van der Waals surface area (Å²) in [4.78, 5) is 9.35. The maximum Gasteiger partial charge on any atom is 0 e. The van der Waals surface area contributed by atoms with E-state index in [0.29, 0.717) is 11.3 Å². The fraction of sp³-hybridized carbons (Fsp3) is 0.164. The molecule has 1 aliphatic rings. The SMILES string of the molecule is [2H]C([2H])(c1ccnc(-c2[c-]ccc3c2oc2cc(-c4ccccc4)ccc23)c1)C1CCCC1.[CH3][Ge]([CH3])([CH3])[c]1ccc(-c2[c-]cc(-c3ccccc3)c(-c3ccccc3)c2)nc1.[Ir]. The fourth-order valence-electron chi connectivity index (χ4n) is 8.05. The van der Waals surface area contributed by atoms with E-state index in [1.165, 1.54) is 26.6 Å². The summed E-state index contributed by atoms with van der Waals surface area (Å²) >= 11 is -1.85. The summed E-state index contributed by atoms with van der Waals surface area (Å²) in [5.74, 6) is 7.25. The molecule has 1 saturated carbocycles. The van der Waals surface area contributed by atoms with Crippen LogP contribution in [0.2, 0.25) is 17.3 Å². The Balaban J connectivity index is 0.000000170. The van der Waals surface area contributed by atoms with E-state index in [4.69, 9.17) is 12.1 Å². The van der Waals surface area contributed by atoms with Gasteiger partial charge in [0.25, 0.3) is 0 Å². The zero-order chi connectivity index (χ0) is 42.0. The molecule has 0 saturated heterocycles. The molecule has 10 rings (SSSR count). The van der Waals surface area contributed by atoms with Crippen LogP contribution in [0.5, 0.6) is 0 Å². The van der Waals surface area contributed by atoms with Crippen LogP contribution in [0.25, 0.3) is 77.8 Å². The van der Waals surface area contributed by atoms with Crippen molar-refractivity contribution in [2.75, 3.05) is 0 Å². The Hall–Kier alpha value is -5.39. The zero-order valence-corrected chi connectivity index (χ0v) is 38.7. The molecule has 1 aliphatic carbocycles. The van der Waals surface area contributed by atoms with Crippen LogP contribution in [0.1, 0.15) is 34.0 Å². The Kier molecular flexibility index (Phi) is 11.9. The van der Waals surface area contributed by atoms with Gasteiger partial charge in [-0.05, 0) is 41.2 Å². The summed E-state index contributed by atoms with van der Waals surface area (Å²) in [7, 11) is 0. The van der Waals surface area contributed by atoms with Gasteiger partial charge in [0.1, 0.15) is 5.58 Å². The van der Waals surface area contributed by atoms with E-state index in [1.54, 1.807) is 6.20 Å². The van der Waals surface area contributed by atoms with Crippen molar-refractivity contribution < 1.29 is 27.3 Å². The van der Waals surface area contributed by atoms with Crippen molar-refractivity contribution in [2.24, 2.45) is 5.92 Å². The molecule has 0 amide bonds. The second kappa shape index (κ2) is 18.5. The van der Waals surface area contributed by atoms with Crippen molar-refractivity contribution in [2.45, 2.75) is 49.3 Å². The summed E-state index contributed by atoms with van der Waals surface area (Å²) in [6.07, 6.45) is 6.52. The normalized spacial score (nSPS) is 13.6. The Bertz CT molecular complexity index is 2920. The minimum absolute atomic E-state index is 0. The molecule has 60 heavy (non-hydrogen) atoms. The van der Waals surface area contributed by atoms with E-state index < -0.39 is 19.6 Å². The molecule has 3 heterocycles. The number of hydrogen-bond donors (Lipinski definition) is 0. The first-order valence-electron chi connectivity index (χ1n) is 21.7. The van der Waals surface area contributed by atoms with Gasteiger partial charge < -0.3 is 9.40 Å². The first kappa shape index (κ1) is 38.8. The number of nitrogens with zero attached hydrogens (tertiary/aromatic N) is 2. The van der Waals surface area contributed by atoms with E-state index in [1.807, 2.05) is 42.5 Å². The third kappa shape index (κ3) is 9.17. The monoisotopic (exact) mass is 1020 g/mol. The van der Waals surface area contributed by atoms with Gasteiger partial charge in [0.05, 0.1) is 5.58 Å². The van der Waals surface area contributed by atoms with Crippen LogP contribution in [0.15, 0.2) is 175 Å². The van der Waals surface area contributed by atoms with Crippen LogP contribution < -0.4 is 4.40 Å². The largest absolute Gasteiger partial charge is 0 e. The van der Waals surface area contributed by atoms with Gasteiger partial charge in [-0.3, -0.25) is 0 Å². The van der Waals surface area contributed by atoms with Gasteiger partial charge in [-0.1, -0.05) is 90.7 Å². The summed E-state index contributed by atoms with van der Waals surface area (Å²) in [6, 6.07) is 60.8. The third-order valence-corrected chi connectivity index (χ3v) is 15.6. The second-order valence-electron chi connectivity index (χ2n) is 16.4. The third-order valence-electron chi connectivity index (χ3n) is 11.3. The smallest absolute Gasteiger partial charge is 0 e. The van der Waals surface area contributed by atoms with Gasteiger partial charge >= 0.3 is 171 Å². The number of hydrogen-bond acceptors (Lipinski definition) is 3. The number of pyridine rings is 2. The zero-order valence-electron chi connectivity index (χ0n) is 36.2. The second-order valence-corrected chi connectivity index (χ2v) is 27.1. The number of benzene rings is 6. The number of furan rings is 1. The fourth-order valence-corrected chi connectivity index (χ4v) is 10.2. The molecule has 3 aromatic heterocycles. The maximum atomic E-state index is 8.78. The molecule has 3 nitrogen and oxygen atoms in total. The molecular weight excluding hydrogens is 969 g/mol. The summed E-state index contributed by atoms with van der Waals surface area (Å²) in [5, 5.41) is 2.07. The van der Waals surface area contributed by atoms with Crippen LogP contribution in [-0.4, -0.2) is 23.2 Å². The van der Waals surface area contributed by atoms with Crippen molar-refractivity contribution in [1.82, 2.24) is 9.97 Å². The van der Waals surface area contributed by atoms with Crippen LogP contribution in [-0.2, 0) is 26.5 Å². The quantitative estimate of drug-likeness (QED) is 0.112. The van der Waals surface area contributed by atoms with Gasteiger partial charge in [0.15, 0.2) is 0 Å². The van der Waals surface area contributed by atoms with E-state index in [-0.39, 0.29) is 26.0 Å². The van der Waals surface area contributed by atoms with Crippen molar-refractivity contribution in [3.05, 3.63) is 188 Å². The molecule has 0 N–H and O–H groups in total. The van der Waals surface area contributed by atoms with E-state index >= 15 is 0 Å². The average molecular weight is 1020 g/mol. The van der Waals surface area contributed by atoms with Crippen LogP contribution in [0, 0.1) is 18.1 Å². The topological polar surface area (TPSA) is 38.9 Å². The van der Waals surface area contributed by atoms with Crippen LogP contribution in [0.4, 0.5) is 0 Å². The predicted octanol–water partition coefficient (Wildman–Crippen LogP) is 14.3. The van der Waals surface area contributed by atoms with Crippen molar-refractivity contribution >= 4 is 39.6 Å². The molecule has 1 radical (unpaired) electrons. The number of aromatic nitrogens is 2. The van der Waals surface area contributed by atoms with E-state index in [0.717, 1.165) is 75.6 Å². The van der Waals surface area contributed by atoms with Crippen LogP contribution >= 0.6 is 0 Å². The Labute approximate surface area is 373 Å². The Morgan fingerprint density at radius 1 is 0.650 bits per heavy atom. The minimum Gasteiger partial charge on any atom is 0 e. The molecule has 0 unspecified atom stereocenters. The molecule has 6 aromatic carbocycles. The summed E-state index contributed by atoms with van der Waals surface area (Å²) in [6.45, 7) is 0. The average Bonchev–Trinajstić information content (AvgIpc) is 3.99. The van der Waals surface area contributed by atoms with Gasteiger partial charge in [0, 0.05) is 34.4 Å². The molecule has 0 spiro atoms. The Morgan fingerprint density at radius 2 is 1.33 bits per heavy atom. The predicted molar refractivity (Wildman–Crippen MR) is 249 cm³/mol. The molecule has 9 aromatic rings. The number of rotatable bonds is 8. The standard InChI is InChI=1S/C29H24NO.C26H24GeN.Ir/c1-2-9-22(10-3-1)23-13-14-24-25-11-6-12-26(29(25)31-28(24)19-23)27-18-21(15-16-30-27)17-20-7-4-5-8-20;1-27(2,3)23-15-17-26(28-19-23)22-14-16-24(20-10-6-4-7-11-20)25(18-22)21-12-8-5-9-13-21;/h1-3,6,9-11,13-16,18-20H,4-5,7-8,17H2;4-13,15-19H,1-3H3;/q2*-1;/i17D2;;. The first-order chi connectivity index (χ1) is 29.6. The Morgan fingerprint density at radius 3 is 2.00 bits per heavy atom. The molecule has 299 valence electrons. The van der Waals surface area contributed by atoms with Crippen molar-refractivity contribution in [3.8, 4) is 55.9 Å². The van der Waals surface area contributed by atoms with Crippen molar-refractivity contribution in [1.29, 1.82) is 0 Å². The minimum atomic E-state index is -1.85. The molecule has 1 fully saturated rings. The van der Waals surface area contributed by atoms with E-state index in [2.05, 4.69) is 156 Å². The summed E-state index contributed by atoms with van der Waals surface area (Å²) < 4.78 is 25.4. The van der Waals surface area contributed by atoms with Gasteiger partial charge in [0.2, 0.25) is 0 Å². The molecule has 0 atom stereocenters. The summed E-state index contributed by atoms with van der Waals surface area (Å²) in [5.41, 5.74) is 12.8. The molecule has 5 heteroatoms. The van der Waals surface area contributed by atoms with E-state index in [9.17, 15) is 0 Å². The van der Waals surface area contributed by atoms with Gasteiger partial charge in [-0.2, -0.15) is 0 Å². The van der Waals surface area contributed by atoms with Crippen molar-refractivity contribution in [3.63, 3.8) is 0 Å². The van der Waals surface area contributed by atoms with Crippen LogP contribution in [0.3, 0.4) is 0 Å². The molecule has 0 bridgehead atoms. The molecular formula is C55H48GeIrN2O-2. The first-order valence-corrected chi connectivity index (χ1v) is 28.0. The number of fused-ring (bicyclic) bond motifs is 3. The van der Waals surface area contributed by atoms with Gasteiger partial charge in [-0.25, -0.2) is 0 Å². The van der Waals surface area contributed by atoms with Gasteiger partial charge in [-0.15, -0.1) is 18.2 Å². The maximum absolute atomic E-state index is 8.78.